The zero-order chi connectivity index (χ0) is 26.7. The van der Waals surface area contributed by atoms with E-state index in [1.165, 1.54) is 0 Å². The van der Waals surface area contributed by atoms with Crippen molar-refractivity contribution in [3.05, 3.63) is 0 Å². The molecule has 18 heteroatoms. The monoisotopic (exact) mass is 540 g/mol. The molecule has 17 nitrogen and oxygen atoms in total. The Hall–Kier alpha value is -1.03. The summed E-state index contributed by atoms with van der Waals surface area (Å²) in [6.07, 6.45) is -17.3. The van der Waals surface area contributed by atoms with Gasteiger partial charge >= 0.3 is 47.5 Å². The molecular weight excluding hydrogens is 511 g/mol. The molecule has 0 spiro atoms. The fourth-order valence-electron chi connectivity index (χ4n) is 3.55. The quantitative estimate of drug-likeness (QED) is 0.0860. The summed E-state index contributed by atoms with van der Waals surface area (Å²) in [4.78, 5) is 33.9. The van der Waals surface area contributed by atoms with Crippen molar-refractivity contribution in [2.75, 3.05) is 19.8 Å². The van der Waals surface area contributed by atoms with Crippen LogP contribution in [0.15, 0.2) is 0 Å². The fourth-order valence-corrected chi connectivity index (χ4v) is 3.55. The van der Waals surface area contributed by atoms with Crippen LogP contribution in [0.25, 0.3) is 0 Å². The molecule has 2 rings (SSSR count). The van der Waals surface area contributed by atoms with E-state index in [-0.39, 0.29) is 29.6 Å². The first-order valence-corrected chi connectivity index (χ1v) is 10.2. The molecule has 2 aliphatic heterocycles. The van der Waals surface area contributed by atoms with Gasteiger partial charge in [-0.15, -0.1) is 0 Å². The summed E-state index contributed by atoms with van der Waals surface area (Å²) in [5, 5.41) is 97.1. The Bertz CT molecular complexity index is 783. The third kappa shape index (κ3) is 7.08. The molecule has 0 bridgehead atoms. The molecule has 2 heterocycles. The molecule has 0 radical (unpaired) electrons. The van der Waals surface area contributed by atoms with E-state index < -0.39 is 111 Å². The molecule has 2 fully saturated rings. The number of aliphatic carboxylic acids is 2. The molecule has 2 saturated heterocycles. The van der Waals surface area contributed by atoms with Crippen LogP contribution in [-0.2, 0) is 33.3 Å². The molecular formula is C18H29NaO17. The first kappa shape index (κ1) is 33.0. The van der Waals surface area contributed by atoms with Crippen LogP contribution in [0, 0.1) is 0 Å². The van der Waals surface area contributed by atoms with Gasteiger partial charge < -0.3 is 70.0 Å². The Balaban J connectivity index is 0.00000648. The van der Waals surface area contributed by atoms with Crippen molar-refractivity contribution in [2.45, 2.75) is 73.2 Å². The average molecular weight is 540 g/mol. The van der Waals surface area contributed by atoms with Crippen molar-refractivity contribution in [3.8, 4) is 0 Å². The van der Waals surface area contributed by atoms with Crippen molar-refractivity contribution in [2.24, 2.45) is 0 Å². The van der Waals surface area contributed by atoms with Crippen molar-refractivity contribution in [1.82, 2.24) is 0 Å². The summed E-state index contributed by atoms with van der Waals surface area (Å²) >= 11 is 0. The number of esters is 1. The van der Waals surface area contributed by atoms with Gasteiger partial charge in [0.2, 0.25) is 5.79 Å². The SMILES string of the molecule is O=C(O)CC(O)(CC(=O)OC[C@H]1O[C@H](O[C@]2(CO)O[C@H](CO)[C@@H](O)[C@@H]2O)[C@H](O)[C@@H](O)[C@@H]1O)C(=O)O.[NaH]. The van der Waals surface area contributed by atoms with Gasteiger partial charge in [-0.05, 0) is 0 Å². The Labute approximate surface area is 224 Å². The van der Waals surface area contributed by atoms with Gasteiger partial charge in [0.15, 0.2) is 11.9 Å². The minimum atomic E-state index is -3.00. The predicted molar refractivity (Wildman–Crippen MR) is 109 cm³/mol. The number of hydrogen-bond donors (Lipinski definition) is 10. The van der Waals surface area contributed by atoms with E-state index in [9.17, 15) is 55.2 Å². The van der Waals surface area contributed by atoms with Crippen LogP contribution < -0.4 is 0 Å². The van der Waals surface area contributed by atoms with Crippen molar-refractivity contribution in [1.29, 1.82) is 0 Å². The Morgan fingerprint density at radius 2 is 1.50 bits per heavy atom. The molecule has 10 N–H and O–H groups in total. The predicted octanol–water partition coefficient (Wildman–Crippen LogP) is -6.81. The van der Waals surface area contributed by atoms with Gasteiger partial charge in [0.1, 0.15) is 55.9 Å². The van der Waals surface area contributed by atoms with Gasteiger partial charge in [0.05, 0.1) is 19.4 Å². The van der Waals surface area contributed by atoms with Crippen molar-refractivity contribution in [3.63, 3.8) is 0 Å². The fraction of sp³-hybridized carbons (Fsp3) is 0.833. The molecule has 1 unspecified atom stereocenters. The molecule has 0 saturated carbocycles. The summed E-state index contributed by atoms with van der Waals surface area (Å²) in [6, 6.07) is 0. The number of aliphatic hydroxyl groups excluding tert-OH is 7. The molecule has 0 amide bonds. The molecule has 2 aliphatic rings. The molecule has 0 aromatic heterocycles. The number of ether oxygens (including phenoxy) is 4. The molecule has 0 aromatic carbocycles. The van der Waals surface area contributed by atoms with Crippen LogP contribution in [0.4, 0.5) is 0 Å². The summed E-state index contributed by atoms with van der Waals surface area (Å²) in [5.74, 6) is -7.57. The van der Waals surface area contributed by atoms with E-state index in [0.717, 1.165) is 0 Å². The van der Waals surface area contributed by atoms with E-state index in [1.807, 2.05) is 0 Å². The minimum absolute atomic E-state index is 0. The third-order valence-electron chi connectivity index (χ3n) is 5.58. The van der Waals surface area contributed by atoms with Gasteiger partial charge in [-0.2, -0.15) is 0 Å². The molecule has 10 atom stereocenters. The van der Waals surface area contributed by atoms with E-state index in [2.05, 4.69) is 0 Å². The zero-order valence-corrected chi connectivity index (χ0v) is 18.0. The van der Waals surface area contributed by atoms with Crippen molar-refractivity contribution >= 4 is 47.5 Å². The number of aliphatic hydroxyl groups is 8. The molecule has 0 aliphatic carbocycles. The van der Waals surface area contributed by atoms with Crippen LogP contribution in [-0.4, -0.2) is 179 Å². The summed E-state index contributed by atoms with van der Waals surface area (Å²) in [7, 11) is 0. The maximum absolute atomic E-state index is 12.0. The van der Waals surface area contributed by atoms with Crippen LogP contribution in [0.2, 0.25) is 0 Å². The number of carboxylic acid groups (broad SMARTS) is 2. The first-order chi connectivity index (χ1) is 16.2. The standard InChI is InChI=1S/C18H28O17.Na.H/c19-3-6-11(25)14(28)18(5-20,34-6)35-15-13(27)12(26)10(24)7(33-15)4-32-9(23)2-17(31,16(29)30)1-8(21)22;;/h6-7,10-15,19-20,24-28,31H,1-5H2,(H,21,22)(H,29,30);;/t6-,7-,10-,11-,12+,13-,14+,15-,17?,18+;;/m1../s1. The average Bonchev–Trinajstić information content (AvgIpc) is 3.02. The Morgan fingerprint density at radius 1 is 0.889 bits per heavy atom. The van der Waals surface area contributed by atoms with Gasteiger partial charge in [-0.1, -0.05) is 0 Å². The second kappa shape index (κ2) is 13.2. The van der Waals surface area contributed by atoms with Gasteiger partial charge in [-0.3, -0.25) is 9.59 Å². The number of carbonyl (C=O) groups is 3. The number of rotatable bonds is 11. The zero-order valence-electron chi connectivity index (χ0n) is 18.0. The Morgan fingerprint density at radius 3 is 1.97 bits per heavy atom. The maximum atomic E-state index is 12.0. The third-order valence-corrected chi connectivity index (χ3v) is 5.58. The number of carboxylic acids is 2. The van der Waals surface area contributed by atoms with E-state index in [4.69, 9.17) is 29.2 Å². The van der Waals surface area contributed by atoms with Gasteiger partial charge in [0.25, 0.3) is 0 Å². The number of carbonyl (C=O) groups excluding carboxylic acids is 1. The summed E-state index contributed by atoms with van der Waals surface area (Å²) in [5.41, 5.74) is -3.00. The topological polar surface area (TPSA) is 290 Å². The summed E-state index contributed by atoms with van der Waals surface area (Å²) < 4.78 is 20.4. The van der Waals surface area contributed by atoms with E-state index >= 15 is 0 Å². The molecule has 0 aromatic rings. The normalized spacial score (nSPS) is 38.0. The second-order valence-corrected chi connectivity index (χ2v) is 8.14. The van der Waals surface area contributed by atoms with E-state index in [0.29, 0.717) is 0 Å². The van der Waals surface area contributed by atoms with Crippen LogP contribution in [0.1, 0.15) is 12.8 Å². The second-order valence-electron chi connectivity index (χ2n) is 8.14. The van der Waals surface area contributed by atoms with Gasteiger partial charge in [-0.25, -0.2) is 4.79 Å². The molecule has 204 valence electrons. The van der Waals surface area contributed by atoms with Crippen molar-refractivity contribution < 1.29 is 84.4 Å². The molecule has 36 heavy (non-hydrogen) atoms. The Kier molecular flexibility index (Phi) is 12.1. The van der Waals surface area contributed by atoms with Crippen LogP contribution in [0.3, 0.4) is 0 Å². The summed E-state index contributed by atoms with van der Waals surface area (Å²) in [6.45, 7) is -2.82. The number of hydrogen-bond acceptors (Lipinski definition) is 15. The first-order valence-electron chi connectivity index (χ1n) is 10.2. The van der Waals surface area contributed by atoms with Crippen LogP contribution >= 0.6 is 0 Å². The van der Waals surface area contributed by atoms with E-state index in [1.54, 1.807) is 0 Å². The van der Waals surface area contributed by atoms with Gasteiger partial charge in [0, 0.05) is 0 Å². The van der Waals surface area contributed by atoms with Crippen LogP contribution in [0.5, 0.6) is 0 Å².